The molecule has 0 atom stereocenters. The van der Waals surface area contributed by atoms with Crippen LogP contribution in [0, 0.1) is 6.92 Å². The molecule has 7 heteroatoms. The predicted molar refractivity (Wildman–Crippen MR) is 67.6 cm³/mol. The summed E-state index contributed by atoms with van der Waals surface area (Å²) in [7, 11) is 0. The third-order valence-corrected chi connectivity index (χ3v) is 3.39. The molecule has 1 amide bonds. The Labute approximate surface area is 108 Å². The van der Waals surface area contributed by atoms with Crippen molar-refractivity contribution in [1.82, 2.24) is 15.2 Å². The van der Waals surface area contributed by atoms with Gasteiger partial charge >= 0.3 is 0 Å². The quantitative estimate of drug-likeness (QED) is 0.861. The third-order valence-electron chi connectivity index (χ3n) is 2.26. The molecule has 6 nitrogen and oxygen atoms in total. The number of nitrogens with zero attached hydrogens (tertiary/aromatic N) is 3. The largest absolute Gasteiger partial charge is 0.396 e. The normalized spacial score (nSPS) is 10.3. The zero-order valence-corrected chi connectivity index (χ0v) is 10.6. The van der Waals surface area contributed by atoms with Crippen LogP contribution in [0.4, 0.5) is 5.13 Å². The van der Waals surface area contributed by atoms with Crippen molar-refractivity contribution in [3.8, 4) is 0 Å². The molecule has 2 aromatic rings. The van der Waals surface area contributed by atoms with Crippen molar-refractivity contribution < 1.29 is 9.90 Å². The lowest BCUT2D eigenvalue weighted by Gasteiger charge is -1.98. The van der Waals surface area contributed by atoms with Crippen molar-refractivity contribution in [2.45, 2.75) is 13.3 Å². The number of aliphatic hydroxyl groups excluding tert-OH is 1. The van der Waals surface area contributed by atoms with Gasteiger partial charge < -0.3 is 5.11 Å². The third kappa shape index (κ3) is 2.88. The average molecular weight is 264 g/mol. The number of thiazole rings is 1. The molecule has 0 bridgehead atoms. The summed E-state index contributed by atoms with van der Waals surface area (Å²) in [5, 5.41) is 19.4. The zero-order chi connectivity index (χ0) is 13.0. The van der Waals surface area contributed by atoms with E-state index in [-0.39, 0.29) is 18.2 Å². The van der Waals surface area contributed by atoms with Gasteiger partial charge in [0, 0.05) is 24.1 Å². The number of nitrogens with one attached hydrogen (secondary N) is 1. The van der Waals surface area contributed by atoms with Crippen molar-refractivity contribution in [3.05, 3.63) is 34.6 Å². The van der Waals surface area contributed by atoms with Gasteiger partial charge in [-0.15, -0.1) is 16.4 Å². The van der Waals surface area contributed by atoms with Gasteiger partial charge in [0.15, 0.2) is 10.8 Å². The Morgan fingerprint density at radius 2 is 2.39 bits per heavy atom. The Balaban J connectivity index is 2.10. The van der Waals surface area contributed by atoms with Gasteiger partial charge in [-0.05, 0) is 19.1 Å². The molecule has 0 saturated carbocycles. The van der Waals surface area contributed by atoms with Crippen LogP contribution >= 0.6 is 11.3 Å². The van der Waals surface area contributed by atoms with Crippen LogP contribution in [-0.2, 0) is 6.42 Å². The predicted octanol–water partition coefficient (Wildman–Crippen LogP) is 1.03. The molecule has 0 saturated heterocycles. The lowest BCUT2D eigenvalue weighted by Crippen LogP contribution is -2.13. The molecule has 18 heavy (non-hydrogen) atoms. The Morgan fingerprint density at radius 1 is 1.56 bits per heavy atom. The molecule has 0 unspecified atom stereocenters. The molecular weight excluding hydrogens is 252 g/mol. The highest BCUT2D eigenvalue weighted by Gasteiger charge is 2.12. The smallest absolute Gasteiger partial charge is 0.277 e. The van der Waals surface area contributed by atoms with E-state index >= 15 is 0 Å². The number of carbonyl (C=O) groups is 1. The van der Waals surface area contributed by atoms with E-state index in [4.69, 9.17) is 5.11 Å². The fraction of sp³-hybridized carbons (Fsp3) is 0.273. The highest BCUT2D eigenvalue weighted by molar-refractivity contribution is 7.15. The van der Waals surface area contributed by atoms with Crippen LogP contribution in [0.1, 0.15) is 21.1 Å². The van der Waals surface area contributed by atoms with Gasteiger partial charge in [0.05, 0.1) is 5.69 Å². The van der Waals surface area contributed by atoms with Crippen LogP contribution < -0.4 is 5.32 Å². The van der Waals surface area contributed by atoms with Crippen LogP contribution in [-0.4, -0.2) is 32.8 Å². The minimum Gasteiger partial charge on any atom is -0.396 e. The SMILES string of the molecule is Cc1nc(NC(=O)c2cccnn2)sc1CCO. The van der Waals surface area contributed by atoms with E-state index in [1.807, 2.05) is 6.92 Å². The topological polar surface area (TPSA) is 88.0 Å². The zero-order valence-electron chi connectivity index (χ0n) is 9.75. The highest BCUT2D eigenvalue weighted by atomic mass is 32.1. The number of amides is 1. The molecule has 0 radical (unpaired) electrons. The molecule has 0 fully saturated rings. The van der Waals surface area contributed by atoms with Crippen molar-refractivity contribution in [3.63, 3.8) is 0 Å². The first-order valence-electron chi connectivity index (χ1n) is 5.37. The molecule has 2 rings (SSSR count). The van der Waals surface area contributed by atoms with Crippen molar-refractivity contribution in [2.24, 2.45) is 0 Å². The molecule has 2 N–H and O–H groups in total. The number of carbonyl (C=O) groups excluding carboxylic acids is 1. The summed E-state index contributed by atoms with van der Waals surface area (Å²) in [5.74, 6) is -0.340. The monoisotopic (exact) mass is 264 g/mol. The summed E-state index contributed by atoms with van der Waals surface area (Å²) in [6, 6.07) is 3.23. The summed E-state index contributed by atoms with van der Waals surface area (Å²) in [6.45, 7) is 1.92. The van der Waals surface area contributed by atoms with Crippen molar-refractivity contribution >= 4 is 22.4 Å². The van der Waals surface area contributed by atoms with Gasteiger partial charge in [-0.25, -0.2) is 4.98 Å². The van der Waals surface area contributed by atoms with Gasteiger partial charge in [0.25, 0.3) is 5.91 Å². The molecule has 0 aliphatic carbocycles. The minimum absolute atomic E-state index is 0.0700. The number of aliphatic hydroxyl groups is 1. The highest BCUT2D eigenvalue weighted by Crippen LogP contribution is 2.23. The molecule has 0 aliphatic rings. The first-order chi connectivity index (χ1) is 8.70. The number of rotatable bonds is 4. The summed E-state index contributed by atoms with van der Waals surface area (Å²) in [4.78, 5) is 17.0. The lowest BCUT2D eigenvalue weighted by molar-refractivity contribution is 0.102. The molecule has 0 aliphatic heterocycles. The van der Waals surface area contributed by atoms with Crippen LogP contribution in [0.3, 0.4) is 0 Å². The van der Waals surface area contributed by atoms with Crippen LogP contribution in [0.5, 0.6) is 0 Å². The molecular formula is C11H12N4O2S. The van der Waals surface area contributed by atoms with Crippen molar-refractivity contribution in [1.29, 1.82) is 0 Å². The Bertz CT molecular complexity index is 541. The molecule has 0 spiro atoms. The molecule has 0 aromatic carbocycles. The first kappa shape index (κ1) is 12.6. The maximum atomic E-state index is 11.8. The summed E-state index contributed by atoms with van der Waals surface area (Å²) < 4.78 is 0. The van der Waals surface area contributed by atoms with E-state index in [0.717, 1.165) is 10.6 Å². The Morgan fingerprint density at radius 3 is 3.06 bits per heavy atom. The summed E-state index contributed by atoms with van der Waals surface area (Å²) in [6.07, 6.45) is 2.05. The Hall–Kier alpha value is -1.86. The van der Waals surface area contributed by atoms with Crippen LogP contribution in [0.2, 0.25) is 0 Å². The second kappa shape index (κ2) is 5.65. The maximum absolute atomic E-state index is 11.8. The maximum Gasteiger partial charge on any atom is 0.277 e. The fourth-order valence-corrected chi connectivity index (χ4v) is 2.35. The average Bonchev–Trinajstić information content (AvgIpc) is 2.71. The Kier molecular flexibility index (Phi) is 3.96. The molecule has 2 aromatic heterocycles. The van der Waals surface area contributed by atoms with E-state index in [2.05, 4.69) is 20.5 Å². The molecule has 94 valence electrons. The number of hydrogen-bond donors (Lipinski definition) is 2. The van der Waals surface area contributed by atoms with E-state index in [0.29, 0.717) is 11.6 Å². The van der Waals surface area contributed by atoms with E-state index < -0.39 is 0 Å². The van der Waals surface area contributed by atoms with E-state index in [9.17, 15) is 4.79 Å². The van der Waals surface area contributed by atoms with Crippen LogP contribution in [0.25, 0.3) is 0 Å². The molecule has 2 heterocycles. The van der Waals surface area contributed by atoms with Gasteiger partial charge in [-0.2, -0.15) is 5.10 Å². The summed E-state index contributed by atoms with van der Waals surface area (Å²) >= 11 is 1.36. The van der Waals surface area contributed by atoms with Gasteiger partial charge in [0.2, 0.25) is 0 Å². The van der Waals surface area contributed by atoms with Gasteiger partial charge in [0.1, 0.15) is 0 Å². The summed E-state index contributed by atoms with van der Waals surface area (Å²) in [5.41, 5.74) is 1.07. The standard InChI is InChI=1S/C11H12N4O2S/c1-7-9(4-6-16)18-11(13-7)14-10(17)8-3-2-5-12-15-8/h2-3,5,16H,4,6H2,1H3,(H,13,14,17). The first-order valence-corrected chi connectivity index (χ1v) is 6.18. The van der Waals surface area contributed by atoms with Gasteiger partial charge in [-0.3, -0.25) is 10.1 Å². The van der Waals surface area contributed by atoms with E-state index in [1.54, 1.807) is 12.1 Å². The lowest BCUT2D eigenvalue weighted by atomic mass is 10.3. The number of aryl methyl sites for hydroxylation is 1. The van der Waals surface area contributed by atoms with E-state index in [1.165, 1.54) is 17.5 Å². The second-order valence-electron chi connectivity index (χ2n) is 3.56. The number of hydrogen-bond acceptors (Lipinski definition) is 6. The van der Waals surface area contributed by atoms with Crippen LogP contribution in [0.15, 0.2) is 18.3 Å². The fourth-order valence-electron chi connectivity index (χ4n) is 1.40. The number of anilines is 1. The second-order valence-corrected chi connectivity index (χ2v) is 4.65. The van der Waals surface area contributed by atoms with Crippen molar-refractivity contribution in [2.75, 3.05) is 11.9 Å². The minimum atomic E-state index is -0.340. The number of aromatic nitrogens is 3. The van der Waals surface area contributed by atoms with Gasteiger partial charge in [-0.1, -0.05) is 0 Å².